The standard InChI is InChI=1S/C25H34N2O3/c1-2-29-23-15-9-14-22-19-27(17-10-13-21-11-5-3-6-12-21)20-24(28)26-16-7-4-8-18-30-25(22)23/h3,5-6,9,11-12,14-15H,2,4,7-8,10,13,16-20H2,1H3,(H,26,28). The van der Waals surface area contributed by atoms with Crippen LogP contribution in [-0.2, 0) is 17.8 Å². The van der Waals surface area contributed by atoms with E-state index in [2.05, 4.69) is 40.5 Å². The van der Waals surface area contributed by atoms with Crippen molar-refractivity contribution in [1.82, 2.24) is 10.2 Å². The fourth-order valence-corrected chi connectivity index (χ4v) is 3.79. The summed E-state index contributed by atoms with van der Waals surface area (Å²) in [5, 5.41) is 3.07. The Morgan fingerprint density at radius 2 is 1.90 bits per heavy atom. The third kappa shape index (κ3) is 7.06. The van der Waals surface area contributed by atoms with E-state index in [4.69, 9.17) is 9.47 Å². The summed E-state index contributed by atoms with van der Waals surface area (Å²) in [5.74, 6) is 1.71. The minimum Gasteiger partial charge on any atom is -0.490 e. The molecule has 3 rings (SSSR count). The quantitative estimate of drug-likeness (QED) is 0.776. The number of benzene rings is 2. The van der Waals surface area contributed by atoms with Crippen LogP contribution in [0.4, 0.5) is 0 Å². The lowest BCUT2D eigenvalue weighted by Gasteiger charge is -2.24. The Kier molecular flexibility index (Phi) is 9.04. The molecule has 0 unspecified atom stereocenters. The van der Waals surface area contributed by atoms with E-state index in [1.165, 1.54) is 5.56 Å². The molecular weight excluding hydrogens is 376 g/mol. The monoisotopic (exact) mass is 410 g/mol. The molecule has 30 heavy (non-hydrogen) atoms. The highest BCUT2D eigenvalue weighted by molar-refractivity contribution is 5.78. The van der Waals surface area contributed by atoms with Crippen LogP contribution >= 0.6 is 0 Å². The van der Waals surface area contributed by atoms with Gasteiger partial charge in [-0.3, -0.25) is 9.69 Å². The van der Waals surface area contributed by atoms with Crippen molar-refractivity contribution in [3.8, 4) is 11.5 Å². The number of hydrogen-bond donors (Lipinski definition) is 1. The van der Waals surface area contributed by atoms with Crippen molar-refractivity contribution in [2.45, 2.75) is 45.6 Å². The van der Waals surface area contributed by atoms with Crippen molar-refractivity contribution in [2.24, 2.45) is 0 Å². The third-order valence-corrected chi connectivity index (χ3v) is 5.29. The van der Waals surface area contributed by atoms with Crippen molar-refractivity contribution < 1.29 is 14.3 Å². The molecule has 0 fully saturated rings. The number of amides is 1. The van der Waals surface area contributed by atoms with Gasteiger partial charge in [0, 0.05) is 18.7 Å². The maximum atomic E-state index is 12.5. The van der Waals surface area contributed by atoms with E-state index in [0.717, 1.165) is 62.3 Å². The number of nitrogens with one attached hydrogen (secondary N) is 1. The first-order chi connectivity index (χ1) is 14.8. The second-order valence-electron chi connectivity index (χ2n) is 7.74. The normalized spacial score (nSPS) is 16.2. The van der Waals surface area contributed by atoms with Crippen LogP contribution in [0.2, 0.25) is 0 Å². The predicted molar refractivity (Wildman–Crippen MR) is 120 cm³/mol. The first-order valence-corrected chi connectivity index (χ1v) is 11.2. The Morgan fingerprint density at radius 3 is 2.73 bits per heavy atom. The molecule has 1 N–H and O–H groups in total. The van der Waals surface area contributed by atoms with Gasteiger partial charge in [0.25, 0.3) is 0 Å². The molecule has 0 saturated carbocycles. The Hall–Kier alpha value is -2.53. The van der Waals surface area contributed by atoms with E-state index in [-0.39, 0.29) is 5.91 Å². The lowest BCUT2D eigenvalue weighted by Crippen LogP contribution is -2.38. The van der Waals surface area contributed by atoms with Crippen molar-refractivity contribution in [1.29, 1.82) is 0 Å². The van der Waals surface area contributed by atoms with Crippen LogP contribution in [0.1, 0.15) is 43.7 Å². The Bertz CT molecular complexity index is 779. The van der Waals surface area contributed by atoms with Crippen molar-refractivity contribution in [3.63, 3.8) is 0 Å². The van der Waals surface area contributed by atoms with Gasteiger partial charge in [0.15, 0.2) is 11.5 Å². The van der Waals surface area contributed by atoms with Gasteiger partial charge in [0.05, 0.1) is 19.8 Å². The summed E-state index contributed by atoms with van der Waals surface area (Å²) in [6.45, 7) is 5.89. The molecule has 1 aliphatic heterocycles. The average molecular weight is 411 g/mol. The largest absolute Gasteiger partial charge is 0.490 e. The second kappa shape index (κ2) is 12.2. The zero-order chi connectivity index (χ0) is 21.0. The number of carbonyl (C=O) groups is 1. The molecule has 2 aromatic carbocycles. The SMILES string of the molecule is CCOc1cccc2c1OCCCCCNC(=O)CN(CCCc1ccccc1)C2. The van der Waals surface area contributed by atoms with Crippen LogP contribution in [0.3, 0.4) is 0 Å². The molecule has 0 aromatic heterocycles. The molecule has 0 spiro atoms. The number of ether oxygens (including phenoxy) is 2. The molecule has 0 bridgehead atoms. The number of nitrogens with zero attached hydrogens (tertiary/aromatic N) is 1. The maximum absolute atomic E-state index is 12.5. The Balaban J connectivity index is 1.75. The van der Waals surface area contributed by atoms with Gasteiger partial charge < -0.3 is 14.8 Å². The molecular formula is C25H34N2O3. The van der Waals surface area contributed by atoms with Gasteiger partial charge in [-0.15, -0.1) is 0 Å². The van der Waals surface area contributed by atoms with Gasteiger partial charge in [-0.25, -0.2) is 0 Å². The zero-order valence-corrected chi connectivity index (χ0v) is 18.1. The summed E-state index contributed by atoms with van der Waals surface area (Å²) >= 11 is 0. The van der Waals surface area contributed by atoms with E-state index in [1.54, 1.807) is 0 Å². The number of fused-ring (bicyclic) bond motifs is 1. The highest BCUT2D eigenvalue weighted by Crippen LogP contribution is 2.32. The topological polar surface area (TPSA) is 50.8 Å². The first-order valence-electron chi connectivity index (χ1n) is 11.2. The highest BCUT2D eigenvalue weighted by atomic mass is 16.5. The van der Waals surface area contributed by atoms with Gasteiger partial charge in [-0.05, 0) is 57.2 Å². The number of rotatable bonds is 6. The summed E-state index contributed by atoms with van der Waals surface area (Å²) in [7, 11) is 0. The fourth-order valence-electron chi connectivity index (χ4n) is 3.79. The van der Waals surface area contributed by atoms with Crippen molar-refractivity contribution in [3.05, 3.63) is 59.7 Å². The molecule has 1 amide bonds. The Labute approximate surface area is 180 Å². The van der Waals surface area contributed by atoms with Gasteiger partial charge in [0.2, 0.25) is 5.91 Å². The molecule has 0 saturated heterocycles. The van der Waals surface area contributed by atoms with E-state index in [9.17, 15) is 4.79 Å². The molecule has 1 heterocycles. The second-order valence-corrected chi connectivity index (χ2v) is 7.74. The van der Waals surface area contributed by atoms with Crippen molar-refractivity contribution in [2.75, 3.05) is 32.8 Å². The van der Waals surface area contributed by atoms with Gasteiger partial charge in [-0.2, -0.15) is 0 Å². The summed E-state index contributed by atoms with van der Waals surface area (Å²) in [6, 6.07) is 16.6. The number of hydrogen-bond acceptors (Lipinski definition) is 4. The molecule has 0 radical (unpaired) electrons. The number of para-hydroxylation sites is 1. The zero-order valence-electron chi connectivity index (χ0n) is 18.1. The van der Waals surface area contributed by atoms with E-state index in [1.807, 2.05) is 25.1 Å². The molecule has 1 aliphatic rings. The third-order valence-electron chi connectivity index (χ3n) is 5.29. The molecule has 5 nitrogen and oxygen atoms in total. The van der Waals surface area contributed by atoms with Crippen molar-refractivity contribution >= 4 is 5.91 Å². The minimum absolute atomic E-state index is 0.0948. The molecule has 162 valence electrons. The van der Waals surface area contributed by atoms with Crippen LogP contribution < -0.4 is 14.8 Å². The maximum Gasteiger partial charge on any atom is 0.234 e. The molecule has 0 atom stereocenters. The smallest absolute Gasteiger partial charge is 0.234 e. The fraction of sp³-hybridized carbons (Fsp3) is 0.480. The molecule has 5 heteroatoms. The van der Waals surface area contributed by atoms with Crippen LogP contribution in [0.15, 0.2) is 48.5 Å². The van der Waals surface area contributed by atoms with Crippen LogP contribution in [0.25, 0.3) is 0 Å². The van der Waals surface area contributed by atoms with Gasteiger partial charge >= 0.3 is 0 Å². The summed E-state index contributed by atoms with van der Waals surface area (Å²) in [5.41, 5.74) is 2.41. The number of aryl methyl sites for hydroxylation is 1. The molecule has 2 aromatic rings. The molecule has 0 aliphatic carbocycles. The number of carbonyl (C=O) groups excluding carboxylic acids is 1. The van der Waals surface area contributed by atoms with E-state index < -0.39 is 0 Å². The minimum atomic E-state index is 0.0948. The van der Waals surface area contributed by atoms with Gasteiger partial charge in [-0.1, -0.05) is 42.5 Å². The van der Waals surface area contributed by atoms with Crippen LogP contribution in [-0.4, -0.2) is 43.7 Å². The van der Waals surface area contributed by atoms with Crippen LogP contribution in [0.5, 0.6) is 11.5 Å². The first kappa shape index (κ1) is 22.2. The summed E-state index contributed by atoms with van der Waals surface area (Å²) in [4.78, 5) is 14.7. The van der Waals surface area contributed by atoms with E-state index in [0.29, 0.717) is 26.3 Å². The Morgan fingerprint density at radius 1 is 1.03 bits per heavy atom. The van der Waals surface area contributed by atoms with Crippen LogP contribution in [0, 0.1) is 0 Å². The lowest BCUT2D eigenvalue weighted by atomic mass is 10.1. The van der Waals surface area contributed by atoms with Gasteiger partial charge in [0.1, 0.15) is 0 Å². The van der Waals surface area contributed by atoms with E-state index >= 15 is 0 Å². The highest BCUT2D eigenvalue weighted by Gasteiger charge is 2.17. The summed E-state index contributed by atoms with van der Waals surface area (Å²) < 4.78 is 12.0. The predicted octanol–water partition coefficient (Wildman–Crippen LogP) is 4.20. The lowest BCUT2D eigenvalue weighted by molar-refractivity contribution is -0.122. The average Bonchev–Trinajstić information content (AvgIpc) is 2.76. The summed E-state index contributed by atoms with van der Waals surface area (Å²) in [6.07, 6.45) is 4.98.